The Bertz CT molecular complexity index is 380. The van der Waals surface area contributed by atoms with E-state index in [1.54, 1.807) is 13.3 Å². The zero-order valence-electron chi connectivity index (χ0n) is 9.32. The average molecular weight is 241 g/mol. The molecular weight excluding hydrogens is 226 g/mol. The maximum Gasteiger partial charge on any atom is 0.263 e. The minimum atomic E-state index is -0.0682. The van der Waals surface area contributed by atoms with Gasteiger partial charge in [-0.25, -0.2) is 4.98 Å². The highest BCUT2D eigenvalue weighted by Gasteiger charge is 2.28. The molecule has 2 N–H and O–H groups in total. The maximum absolute atomic E-state index is 11.9. The smallest absolute Gasteiger partial charge is 0.263 e. The van der Waals surface area contributed by atoms with Crippen molar-refractivity contribution < 1.29 is 9.53 Å². The summed E-state index contributed by atoms with van der Waals surface area (Å²) in [6.07, 6.45) is 1.66. The third-order valence-electron chi connectivity index (χ3n) is 2.62. The van der Waals surface area contributed by atoms with Crippen molar-refractivity contribution in [3.63, 3.8) is 0 Å². The molecule has 1 amide bonds. The molecule has 0 radical (unpaired) electrons. The number of rotatable bonds is 3. The Balaban J connectivity index is 1.97. The number of carbonyl (C=O) groups excluding carboxylic acids is 1. The van der Waals surface area contributed by atoms with Crippen LogP contribution in [-0.4, -0.2) is 43.2 Å². The molecule has 1 fully saturated rings. The van der Waals surface area contributed by atoms with Crippen molar-refractivity contribution in [2.75, 3.05) is 20.2 Å². The van der Waals surface area contributed by atoms with E-state index in [0.29, 0.717) is 4.88 Å². The molecule has 1 aliphatic heterocycles. The summed E-state index contributed by atoms with van der Waals surface area (Å²) in [5, 5.41) is 7.04. The number of thiazole rings is 1. The van der Waals surface area contributed by atoms with Crippen LogP contribution in [0.4, 0.5) is 0 Å². The monoisotopic (exact) mass is 241 g/mol. The lowest BCUT2D eigenvalue weighted by Gasteiger charge is -2.17. The number of methoxy groups -OCH3 is 1. The number of aromatic nitrogens is 1. The van der Waals surface area contributed by atoms with Gasteiger partial charge in [0.2, 0.25) is 0 Å². The normalized spacial score (nSPS) is 24.6. The molecule has 0 saturated carbocycles. The molecule has 5 nitrogen and oxygen atoms in total. The summed E-state index contributed by atoms with van der Waals surface area (Å²) in [7, 11) is 1.66. The second-order valence-electron chi connectivity index (χ2n) is 3.76. The van der Waals surface area contributed by atoms with Gasteiger partial charge in [-0.05, 0) is 6.92 Å². The van der Waals surface area contributed by atoms with Crippen LogP contribution >= 0.6 is 11.3 Å². The molecule has 2 rings (SSSR count). The Morgan fingerprint density at radius 2 is 2.50 bits per heavy atom. The molecule has 0 spiro atoms. The summed E-state index contributed by atoms with van der Waals surface area (Å²) in [4.78, 5) is 16.6. The number of aryl methyl sites for hydroxylation is 1. The van der Waals surface area contributed by atoms with Gasteiger partial charge in [0.05, 0.1) is 23.4 Å². The van der Waals surface area contributed by atoms with Gasteiger partial charge >= 0.3 is 0 Å². The third kappa shape index (κ3) is 2.40. The largest absolute Gasteiger partial charge is 0.378 e. The van der Waals surface area contributed by atoms with Crippen LogP contribution in [0, 0.1) is 6.92 Å². The van der Waals surface area contributed by atoms with E-state index < -0.39 is 0 Å². The number of hydrogen-bond donors (Lipinski definition) is 2. The Morgan fingerprint density at radius 3 is 3.12 bits per heavy atom. The van der Waals surface area contributed by atoms with Crippen LogP contribution in [0.25, 0.3) is 0 Å². The van der Waals surface area contributed by atoms with Crippen molar-refractivity contribution in [2.24, 2.45) is 0 Å². The Hall–Kier alpha value is -0.980. The van der Waals surface area contributed by atoms with E-state index in [2.05, 4.69) is 15.6 Å². The van der Waals surface area contributed by atoms with Crippen LogP contribution in [0.15, 0.2) is 6.20 Å². The van der Waals surface area contributed by atoms with Gasteiger partial charge in [-0.3, -0.25) is 4.79 Å². The van der Waals surface area contributed by atoms with Crippen LogP contribution in [0.3, 0.4) is 0 Å². The lowest BCUT2D eigenvalue weighted by atomic mass is 10.2. The first-order valence-corrected chi connectivity index (χ1v) is 5.99. The first kappa shape index (κ1) is 11.5. The van der Waals surface area contributed by atoms with E-state index in [4.69, 9.17) is 4.74 Å². The van der Waals surface area contributed by atoms with Crippen LogP contribution in [0.1, 0.15) is 14.7 Å². The molecule has 6 heteroatoms. The highest BCUT2D eigenvalue weighted by atomic mass is 32.1. The number of carbonyl (C=O) groups is 1. The molecule has 16 heavy (non-hydrogen) atoms. The zero-order chi connectivity index (χ0) is 11.5. The van der Waals surface area contributed by atoms with E-state index in [-0.39, 0.29) is 18.1 Å². The van der Waals surface area contributed by atoms with Gasteiger partial charge < -0.3 is 15.4 Å². The predicted molar refractivity (Wildman–Crippen MR) is 61.8 cm³/mol. The summed E-state index contributed by atoms with van der Waals surface area (Å²) >= 11 is 1.40. The van der Waals surface area contributed by atoms with E-state index in [1.165, 1.54) is 11.3 Å². The topological polar surface area (TPSA) is 63.2 Å². The molecule has 1 aromatic rings. The van der Waals surface area contributed by atoms with Gasteiger partial charge in [0.15, 0.2) is 0 Å². The van der Waals surface area contributed by atoms with E-state index in [1.807, 2.05) is 6.92 Å². The van der Waals surface area contributed by atoms with E-state index in [9.17, 15) is 4.79 Å². The van der Waals surface area contributed by atoms with Gasteiger partial charge in [-0.15, -0.1) is 11.3 Å². The Kier molecular flexibility index (Phi) is 3.52. The lowest BCUT2D eigenvalue weighted by Crippen LogP contribution is -2.43. The number of nitrogens with zero attached hydrogens (tertiary/aromatic N) is 1. The highest BCUT2D eigenvalue weighted by Crippen LogP contribution is 2.12. The van der Waals surface area contributed by atoms with Gasteiger partial charge in [0, 0.05) is 20.2 Å². The SMILES string of the molecule is CO[C@H]1CNCC1NC(=O)c1cnc(C)s1. The fraction of sp³-hybridized carbons (Fsp3) is 0.600. The van der Waals surface area contributed by atoms with Gasteiger partial charge in [0.1, 0.15) is 4.88 Å². The number of hydrogen-bond acceptors (Lipinski definition) is 5. The quantitative estimate of drug-likeness (QED) is 0.792. The molecule has 1 saturated heterocycles. The van der Waals surface area contributed by atoms with Gasteiger partial charge in [-0.1, -0.05) is 0 Å². The summed E-state index contributed by atoms with van der Waals surface area (Å²) in [6.45, 7) is 3.42. The number of ether oxygens (including phenoxy) is 1. The summed E-state index contributed by atoms with van der Waals surface area (Å²) in [5.41, 5.74) is 0. The zero-order valence-corrected chi connectivity index (χ0v) is 10.1. The minimum Gasteiger partial charge on any atom is -0.378 e. The molecule has 88 valence electrons. The fourth-order valence-corrected chi connectivity index (χ4v) is 2.43. The van der Waals surface area contributed by atoms with Crippen molar-refractivity contribution in [1.29, 1.82) is 0 Å². The van der Waals surface area contributed by atoms with Crippen LogP contribution in [-0.2, 0) is 4.74 Å². The molecule has 1 aliphatic rings. The van der Waals surface area contributed by atoms with Crippen molar-refractivity contribution in [2.45, 2.75) is 19.1 Å². The van der Waals surface area contributed by atoms with Crippen LogP contribution in [0.2, 0.25) is 0 Å². The molecule has 1 unspecified atom stereocenters. The number of amides is 1. The van der Waals surface area contributed by atoms with Crippen molar-refractivity contribution in [1.82, 2.24) is 15.6 Å². The van der Waals surface area contributed by atoms with Crippen LogP contribution < -0.4 is 10.6 Å². The summed E-state index contributed by atoms with van der Waals surface area (Å²) < 4.78 is 5.28. The van der Waals surface area contributed by atoms with Gasteiger partial charge in [0.25, 0.3) is 5.91 Å². The second-order valence-corrected chi connectivity index (χ2v) is 4.99. The minimum absolute atomic E-state index is 0.0416. The van der Waals surface area contributed by atoms with Gasteiger partial charge in [-0.2, -0.15) is 0 Å². The molecule has 2 heterocycles. The van der Waals surface area contributed by atoms with E-state index >= 15 is 0 Å². The van der Waals surface area contributed by atoms with Crippen molar-refractivity contribution in [3.05, 3.63) is 16.1 Å². The molecule has 0 aliphatic carbocycles. The molecule has 0 aromatic carbocycles. The first-order chi connectivity index (χ1) is 7.70. The summed E-state index contributed by atoms with van der Waals surface area (Å²) in [5.74, 6) is -0.0682. The molecular formula is C10H15N3O2S. The molecule has 0 bridgehead atoms. The second kappa shape index (κ2) is 4.90. The summed E-state index contributed by atoms with van der Waals surface area (Å²) in [6, 6.07) is 0.0416. The predicted octanol–water partition coefficient (Wildman–Crippen LogP) is 0.168. The molecule has 1 aromatic heterocycles. The van der Waals surface area contributed by atoms with Crippen molar-refractivity contribution in [3.8, 4) is 0 Å². The third-order valence-corrected chi connectivity index (χ3v) is 3.53. The molecule has 2 atom stereocenters. The van der Waals surface area contributed by atoms with Crippen molar-refractivity contribution >= 4 is 17.2 Å². The van der Waals surface area contributed by atoms with Crippen LogP contribution in [0.5, 0.6) is 0 Å². The fourth-order valence-electron chi connectivity index (χ4n) is 1.75. The van der Waals surface area contributed by atoms with E-state index in [0.717, 1.165) is 18.1 Å². The lowest BCUT2D eigenvalue weighted by molar-refractivity contribution is 0.0782. The standard InChI is InChI=1S/C10H15N3O2S/c1-6-12-5-9(16-6)10(14)13-7-3-11-4-8(7)15-2/h5,7-8,11H,3-4H2,1-2H3,(H,13,14)/t7?,8-/m0/s1. The first-order valence-electron chi connectivity index (χ1n) is 5.17. The average Bonchev–Trinajstić information content (AvgIpc) is 2.86. The Labute approximate surface area is 98.2 Å². The maximum atomic E-state index is 11.9. The Morgan fingerprint density at radius 1 is 1.69 bits per heavy atom. The highest BCUT2D eigenvalue weighted by molar-refractivity contribution is 7.13. The number of nitrogens with one attached hydrogen (secondary N) is 2.